The number of piperidine rings is 1. The van der Waals surface area contributed by atoms with E-state index in [1.807, 2.05) is 0 Å². The lowest BCUT2D eigenvalue weighted by molar-refractivity contribution is 0.0218. The van der Waals surface area contributed by atoms with E-state index in [1.54, 1.807) is 0 Å². The van der Waals surface area contributed by atoms with Crippen LogP contribution in [0.2, 0.25) is 0 Å². The third kappa shape index (κ3) is 2.37. The molecule has 0 bridgehead atoms. The molecule has 14 heavy (non-hydrogen) atoms. The lowest BCUT2D eigenvalue weighted by Gasteiger charge is -2.39. The van der Waals surface area contributed by atoms with Crippen molar-refractivity contribution in [1.82, 2.24) is 4.90 Å². The Kier molecular flexibility index (Phi) is 3.60. The van der Waals surface area contributed by atoms with Crippen LogP contribution in [0.15, 0.2) is 12.7 Å². The number of nitrogens with zero attached hydrogens (tertiary/aromatic N) is 1. The second-order valence-corrected chi connectivity index (χ2v) is 4.48. The van der Waals surface area contributed by atoms with Crippen LogP contribution in [0.3, 0.4) is 0 Å². The Morgan fingerprint density at radius 2 is 2.00 bits per heavy atom. The van der Waals surface area contributed by atoms with E-state index < -0.39 is 0 Å². The van der Waals surface area contributed by atoms with Gasteiger partial charge in [0.05, 0.1) is 0 Å². The molecule has 0 aromatic heterocycles. The molecule has 2 rings (SSSR count). The summed E-state index contributed by atoms with van der Waals surface area (Å²) in [4.78, 5) is 2.65. The summed E-state index contributed by atoms with van der Waals surface area (Å²) in [5, 5.41) is 0. The molecule has 0 N–H and O–H groups in total. The summed E-state index contributed by atoms with van der Waals surface area (Å²) in [6.07, 6.45) is 7.26. The van der Waals surface area contributed by atoms with E-state index in [2.05, 4.69) is 17.6 Å². The van der Waals surface area contributed by atoms with Gasteiger partial charge < -0.3 is 4.74 Å². The summed E-state index contributed by atoms with van der Waals surface area (Å²) in [5.74, 6) is 0.728. The van der Waals surface area contributed by atoms with Crippen molar-refractivity contribution in [3.63, 3.8) is 0 Å². The first-order valence-electron chi connectivity index (χ1n) is 5.84. The first-order valence-corrected chi connectivity index (χ1v) is 5.84. The topological polar surface area (TPSA) is 12.5 Å². The zero-order valence-corrected chi connectivity index (χ0v) is 8.95. The maximum atomic E-state index is 5.40. The molecule has 2 heterocycles. The van der Waals surface area contributed by atoms with Crippen LogP contribution < -0.4 is 0 Å². The maximum Gasteiger partial charge on any atom is 0.0480 e. The Bertz CT molecular complexity index is 187. The van der Waals surface area contributed by atoms with Gasteiger partial charge in [0.1, 0.15) is 0 Å². The summed E-state index contributed by atoms with van der Waals surface area (Å²) >= 11 is 0. The first kappa shape index (κ1) is 10.2. The zero-order chi connectivity index (χ0) is 9.80. The van der Waals surface area contributed by atoms with Crippen LogP contribution in [-0.2, 0) is 4.74 Å². The van der Waals surface area contributed by atoms with Gasteiger partial charge in [-0.25, -0.2) is 0 Å². The van der Waals surface area contributed by atoms with Crippen molar-refractivity contribution in [1.29, 1.82) is 0 Å². The molecule has 1 atom stereocenters. The van der Waals surface area contributed by atoms with Crippen LogP contribution >= 0.6 is 0 Å². The lowest BCUT2D eigenvalue weighted by Crippen LogP contribution is -2.44. The predicted octanol–water partition coefficient (Wildman–Crippen LogP) is 2.06. The molecule has 2 saturated heterocycles. The third-order valence-electron chi connectivity index (χ3n) is 3.53. The van der Waals surface area contributed by atoms with E-state index in [-0.39, 0.29) is 0 Å². The molecule has 0 radical (unpaired) electrons. The fraction of sp³-hybridized carbons (Fsp3) is 0.833. The molecule has 2 heteroatoms. The van der Waals surface area contributed by atoms with Gasteiger partial charge in [-0.1, -0.05) is 6.08 Å². The first-order chi connectivity index (χ1) is 6.90. The largest absolute Gasteiger partial charge is 0.381 e. The Balaban J connectivity index is 1.86. The van der Waals surface area contributed by atoms with Crippen molar-refractivity contribution in [2.24, 2.45) is 5.92 Å². The predicted molar refractivity (Wildman–Crippen MR) is 58.3 cm³/mol. The van der Waals surface area contributed by atoms with Crippen LogP contribution in [-0.4, -0.2) is 37.2 Å². The minimum absolute atomic E-state index is 0.728. The highest BCUT2D eigenvalue weighted by atomic mass is 16.5. The molecule has 0 aromatic rings. The molecule has 0 spiro atoms. The van der Waals surface area contributed by atoms with Crippen LogP contribution in [0.4, 0.5) is 0 Å². The van der Waals surface area contributed by atoms with E-state index in [0.717, 1.165) is 25.2 Å². The van der Waals surface area contributed by atoms with Gasteiger partial charge in [-0.2, -0.15) is 0 Å². The van der Waals surface area contributed by atoms with E-state index in [1.165, 1.54) is 38.8 Å². The Hall–Kier alpha value is -0.340. The molecule has 2 fully saturated rings. The monoisotopic (exact) mass is 195 g/mol. The highest BCUT2D eigenvalue weighted by Crippen LogP contribution is 2.23. The third-order valence-corrected chi connectivity index (χ3v) is 3.53. The molecule has 1 unspecified atom stereocenters. The Labute approximate surface area is 86.9 Å². The summed E-state index contributed by atoms with van der Waals surface area (Å²) < 4.78 is 5.40. The number of likely N-dealkylation sites (tertiary alicyclic amines) is 1. The summed E-state index contributed by atoms with van der Waals surface area (Å²) in [6.45, 7) is 8.35. The van der Waals surface area contributed by atoms with E-state index in [9.17, 15) is 0 Å². The van der Waals surface area contributed by atoms with Gasteiger partial charge in [-0.3, -0.25) is 4.90 Å². The molecule has 0 saturated carbocycles. The van der Waals surface area contributed by atoms with Crippen molar-refractivity contribution in [3.05, 3.63) is 12.7 Å². The average Bonchev–Trinajstić information content (AvgIpc) is 2.30. The minimum Gasteiger partial charge on any atom is -0.381 e. The Morgan fingerprint density at radius 3 is 2.71 bits per heavy atom. The quantitative estimate of drug-likeness (QED) is 0.625. The van der Waals surface area contributed by atoms with Gasteiger partial charge in [0.2, 0.25) is 0 Å². The minimum atomic E-state index is 0.728. The number of rotatable bonds is 2. The SMILES string of the molecule is C=CC1CCCN(C2CCOCC2)C1. The Morgan fingerprint density at radius 1 is 1.21 bits per heavy atom. The van der Waals surface area contributed by atoms with Gasteiger partial charge in [-0.15, -0.1) is 6.58 Å². The van der Waals surface area contributed by atoms with E-state index in [0.29, 0.717) is 0 Å². The van der Waals surface area contributed by atoms with Crippen molar-refractivity contribution >= 4 is 0 Å². The van der Waals surface area contributed by atoms with Crippen LogP contribution in [0.1, 0.15) is 25.7 Å². The van der Waals surface area contributed by atoms with Gasteiger partial charge in [0.15, 0.2) is 0 Å². The van der Waals surface area contributed by atoms with E-state index in [4.69, 9.17) is 4.74 Å². The highest BCUT2D eigenvalue weighted by Gasteiger charge is 2.25. The molecular weight excluding hydrogens is 174 g/mol. The molecule has 80 valence electrons. The molecule has 0 aliphatic carbocycles. The fourth-order valence-corrected chi connectivity index (χ4v) is 2.61. The summed E-state index contributed by atoms with van der Waals surface area (Å²) in [5.41, 5.74) is 0. The van der Waals surface area contributed by atoms with Crippen LogP contribution in [0.25, 0.3) is 0 Å². The smallest absolute Gasteiger partial charge is 0.0480 e. The lowest BCUT2D eigenvalue weighted by atomic mass is 9.95. The van der Waals surface area contributed by atoms with Crippen molar-refractivity contribution in [2.75, 3.05) is 26.3 Å². The van der Waals surface area contributed by atoms with Crippen LogP contribution in [0, 0.1) is 5.92 Å². The zero-order valence-electron chi connectivity index (χ0n) is 8.95. The van der Waals surface area contributed by atoms with Gasteiger partial charge in [-0.05, 0) is 38.1 Å². The fourth-order valence-electron chi connectivity index (χ4n) is 2.61. The highest BCUT2D eigenvalue weighted by molar-refractivity contribution is 4.88. The van der Waals surface area contributed by atoms with Crippen molar-refractivity contribution in [2.45, 2.75) is 31.7 Å². The molecular formula is C12H21NO. The molecule has 0 amide bonds. The maximum absolute atomic E-state index is 5.40. The molecule has 2 nitrogen and oxygen atoms in total. The van der Waals surface area contributed by atoms with Crippen molar-refractivity contribution < 1.29 is 4.74 Å². The second kappa shape index (κ2) is 4.94. The van der Waals surface area contributed by atoms with Crippen molar-refractivity contribution in [3.8, 4) is 0 Å². The standard InChI is InChI=1S/C12H21NO/c1-2-11-4-3-7-13(10-11)12-5-8-14-9-6-12/h2,11-12H,1,3-10H2. The van der Waals surface area contributed by atoms with Crippen LogP contribution in [0.5, 0.6) is 0 Å². The normalized spacial score (nSPS) is 31.6. The summed E-state index contributed by atoms with van der Waals surface area (Å²) in [6, 6.07) is 0.784. The van der Waals surface area contributed by atoms with E-state index >= 15 is 0 Å². The molecule has 2 aliphatic heterocycles. The molecule has 0 aromatic carbocycles. The van der Waals surface area contributed by atoms with Gasteiger partial charge in [0, 0.05) is 25.8 Å². The van der Waals surface area contributed by atoms with Gasteiger partial charge >= 0.3 is 0 Å². The summed E-state index contributed by atoms with van der Waals surface area (Å²) in [7, 11) is 0. The average molecular weight is 195 g/mol. The second-order valence-electron chi connectivity index (χ2n) is 4.48. The number of hydrogen-bond donors (Lipinski definition) is 0. The number of ether oxygens (including phenoxy) is 1. The molecule has 2 aliphatic rings. The number of hydrogen-bond acceptors (Lipinski definition) is 2. The van der Waals surface area contributed by atoms with Gasteiger partial charge in [0.25, 0.3) is 0 Å².